The Morgan fingerprint density at radius 1 is 1.00 bits per heavy atom. The van der Waals surface area contributed by atoms with Crippen LogP contribution in [-0.2, 0) is 25.5 Å². The van der Waals surface area contributed by atoms with Crippen molar-refractivity contribution in [1.29, 1.82) is 0 Å². The maximum atomic E-state index is 13.4. The lowest BCUT2D eigenvalue weighted by molar-refractivity contribution is -0.145. The quantitative estimate of drug-likeness (QED) is 0.232. The monoisotopic (exact) mass is 597 g/mol. The molecule has 0 fully saturated rings. The Bertz CT molecular complexity index is 1390. The molecule has 3 N–H and O–H groups in total. The van der Waals surface area contributed by atoms with E-state index in [1.165, 1.54) is 21.1 Å². The average molecular weight is 598 g/mol. The van der Waals surface area contributed by atoms with Gasteiger partial charge in [-0.3, -0.25) is 14.4 Å². The Hall–Kier alpha value is -4.28. The van der Waals surface area contributed by atoms with Crippen LogP contribution in [0, 0.1) is 5.92 Å². The molecule has 2 aromatic carbocycles. The average Bonchev–Trinajstić information content (AvgIpc) is 3.21. The number of ether oxygens (including phenoxy) is 4. The second kappa shape index (κ2) is 15.3. The smallest absolute Gasteiger partial charge is 0.328 e. The van der Waals surface area contributed by atoms with Gasteiger partial charge < -0.3 is 34.9 Å². The van der Waals surface area contributed by atoms with E-state index in [4.69, 9.17) is 18.9 Å². The third-order valence-electron chi connectivity index (χ3n) is 7.34. The number of amides is 2. The molecule has 0 heterocycles. The molecule has 0 saturated carbocycles. The van der Waals surface area contributed by atoms with Gasteiger partial charge in [-0.15, -0.1) is 0 Å². The summed E-state index contributed by atoms with van der Waals surface area (Å²) in [5.41, 5.74) is 3.19. The second-order valence-corrected chi connectivity index (χ2v) is 10.9. The molecular weight excluding hydrogens is 554 g/mol. The van der Waals surface area contributed by atoms with E-state index in [9.17, 15) is 19.2 Å². The fourth-order valence-electron chi connectivity index (χ4n) is 5.42. The van der Waals surface area contributed by atoms with Gasteiger partial charge >= 0.3 is 5.97 Å². The van der Waals surface area contributed by atoms with E-state index >= 15 is 0 Å². The van der Waals surface area contributed by atoms with Crippen molar-refractivity contribution in [2.75, 3.05) is 40.3 Å². The summed E-state index contributed by atoms with van der Waals surface area (Å²) < 4.78 is 21.8. The van der Waals surface area contributed by atoms with Gasteiger partial charge in [-0.1, -0.05) is 19.9 Å². The number of rotatable bonds is 13. The van der Waals surface area contributed by atoms with Crippen LogP contribution in [0.15, 0.2) is 29.1 Å². The van der Waals surface area contributed by atoms with Crippen molar-refractivity contribution in [1.82, 2.24) is 10.6 Å². The van der Waals surface area contributed by atoms with Crippen molar-refractivity contribution in [2.24, 2.45) is 5.92 Å². The number of methoxy groups -OCH3 is 4. The molecule has 234 valence electrons. The highest BCUT2D eigenvalue weighted by Gasteiger charge is 2.29. The summed E-state index contributed by atoms with van der Waals surface area (Å²) in [5.74, 6) is 0.690. The lowest BCUT2D eigenvalue weighted by Crippen LogP contribution is -2.42. The number of carbonyl (C=O) groups excluding carboxylic acids is 3. The fourth-order valence-corrected chi connectivity index (χ4v) is 5.42. The van der Waals surface area contributed by atoms with Crippen LogP contribution >= 0.6 is 0 Å². The molecule has 0 aromatic heterocycles. The van der Waals surface area contributed by atoms with Gasteiger partial charge in [0.2, 0.25) is 23.0 Å². The largest absolute Gasteiger partial charge is 0.493 e. The van der Waals surface area contributed by atoms with Crippen LogP contribution in [0.3, 0.4) is 0 Å². The molecular formula is C32H43N3O8. The third-order valence-corrected chi connectivity index (χ3v) is 7.34. The van der Waals surface area contributed by atoms with Crippen LogP contribution in [0.2, 0.25) is 0 Å². The Morgan fingerprint density at radius 3 is 2.33 bits per heavy atom. The summed E-state index contributed by atoms with van der Waals surface area (Å²) in [7, 11) is 5.94. The fraction of sp³-hybridized carbons (Fsp3) is 0.500. The number of hydrogen-bond donors (Lipinski definition) is 3. The van der Waals surface area contributed by atoms with Gasteiger partial charge in [0, 0.05) is 25.5 Å². The van der Waals surface area contributed by atoms with Crippen LogP contribution in [0.4, 0.5) is 5.69 Å². The van der Waals surface area contributed by atoms with Crippen LogP contribution in [0.1, 0.15) is 63.6 Å². The maximum absolute atomic E-state index is 13.4. The predicted molar refractivity (Wildman–Crippen MR) is 164 cm³/mol. The molecule has 1 aliphatic rings. The molecule has 1 aliphatic carbocycles. The van der Waals surface area contributed by atoms with Crippen LogP contribution in [0.25, 0.3) is 11.1 Å². The molecule has 0 aliphatic heterocycles. The van der Waals surface area contributed by atoms with Crippen LogP contribution in [-0.4, -0.2) is 58.8 Å². The van der Waals surface area contributed by atoms with Gasteiger partial charge in [0.05, 0.1) is 40.2 Å². The maximum Gasteiger partial charge on any atom is 0.328 e. The van der Waals surface area contributed by atoms with Gasteiger partial charge in [-0.05, 0) is 66.5 Å². The predicted octanol–water partition coefficient (Wildman–Crippen LogP) is 3.76. The van der Waals surface area contributed by atoms with Crippen LogP contribution in [0.5, 0.6) is 17.2 Å². The molecule has 0 bridgehead atoms. The van der Waals surface area contributed by atoms with Gasteiger partial charge in [0.1, 0.15) is 6.04 Å². The molecule has 0 unspecified atom stereocenters. The van der Waals surface area contributed by atoms with Gasteiger partial charge in [-0.25, -0.2) is 4.79 Å². The highest BCUT2D eigenvalue weighted by atomic mass is 16.5. The van der Waals surface area contributed by atoms with Gasteiger partial charge in [-0.2, -0.15) is 0 Å². The zero-order valence-electron chi connectivity index (χ0n) is 26.1. The number of esters is 1. The SMILES string of the molecule is COC(=O)[C@H](CC(C)C)NC(=O)CCCNc1ccc2c(cc1=O)[C@@H](NC(C)=O)CCc1cc(OC)c(OC)c(OC)c1-2. The minimum absolute atomic E-state index is 0.166. The topological polar surface area (TPSA) is 141 Å². The molecule has 43 heavy (non-hydrogen) atoms. The van der Waals surface area contributed by atoms with E-state index in [1.54, 1.807) is 26.4 Å². The highest BCUT2D eigenvalue weighted by molar-refractivity contribution is 5.85. The van der Waals surface area contributed by atoms with E-state index in [1.807, 2.05) is 26.0 Å². The molecule has 2 aromatic rings. The summed E-state index contributed by atoms with van der Waals surface area (Å²) in [5, 5.41) is 8.89. The Morgan fingerprint density at radius 2 is 1.72 bits per heavy atom. The molecule has 2 amide bonds. The van der Waals surface area contributed by atoms with Crippen molar-refractivity contribution < 1.29 is 33.3 Å². The number of carbonyl (C=O) groups is 3. The number of fused-ring (bicyclic) bond motifs is 3. The first-order valence-corrected chi connectivity index (χ1v) is 14.4. The molecule has 0 saturated heterocycles. The first-order valence-electron chi connectivity index (χ1n) is 14.4. The van der Waals surface area contributed by atoms with Gasteiger partial charge in [0.25, 0.3) is 0 Å². The van der Waals surface area contributed by atoms with Crippen molar-refractivity contribution >= 4 is 23.5 Å². The Labute approximate surface area is 252 Å². The Kier molecular flexibility index (Phi) is 11.8. The zero-order valence-corrected chi connectivity index (χ0v) is 26.1. The van der Waals surface area contributed by atoms with E-state index < -0.39 is 18.1 Å². The molecule has 2 atom stereocenters. The molecule has 0 spiro atoms. The normalized spacial score (nSPS) is 14.4. The lowest BCUT2D eigenvalue weighted by atomic mass is 9.95. The number of aryl methyl sites for hydroxylation is 1. The molecule has 3 rings (SSSR count). The standard InChI is InChI=1S/C32H43N3O8/c1-18(2)15-25(32(39)43-7)35-28(38)9-8-14-33-24-13-11-21-22(17-26(24)37)23(34-19(3)36)12-10-20-16-27(40-4)30(41-5)31(42-6)29(20)21/h11,13,16-18,23,25H,8-10,12,14-15H2,1-7H3,(H,33,37)(H,34,36)(H,35,38)/t23-,25-/m0/s1. The lowest BCUT2D eigenvalue weighted by Gasteiger charge is -2.19. The van der Waals surface area contributed by atoms with Gasteiger partial charge in [0.15, 0.2) is 11.5 Å². The number of hydrogen-bond acceptors (Lipinski definition) is 9. The summed E-state index contributed by atoms with van der Waals surface area (Å²) in [4.78, 5) is 50.1. The van der Waals surface area contributed by atoms with Crippen molar-refractivity contribution in [3.8, 4) is 28.4 Å². The van der Waals surface area contributed by atoms with Crippen molar-refractivity contribution in [3.05, 3.63) is 45.6 Å². The zero-order chi connectivity index (χ0) is 31.7. The van der Waals surface area contributed by atoms with E-state index in [0.717, 1.165) is 16.7 Å². The van der Waals surface area contributed by atoms with E-state index in [2.05, 4.69) is 16.0 Å². The first-order chi connectivity index (χ1) is 20.5. The Balaban J connectivity index is 1.90. The number of anilines is 1. The number of nitrogens with one attached hydrogen (secondary N) is 3. The minimum atomic E-state index is -0.697. The summed E-state index contributed by atoms with van der Waals surface area (Å²) in [6, 6.07) is 5.88. The summed E-state index contributed by atoms with van der Waals surface area (Å²) in [6.45, 7) is 5.73. The summed E-state index contributed by atoms with van der Waals surface area (Å²) >= 11 is 0. The van der Waals surface area contributed by atoms with E-state index in [0.29, 0.717) is 60.7 Å². The second-order valence-electron chi connectivity index (χ2n) is 10.9. The minimum Gasteiger partial charge on any atom is -0.493 e. The van der Waals surface area contributed by atoms with Crippen LogP contribution < -0.4 is 35.6 Å². The first kappa shape index (κ1) is 33.2. The summed E-state index contributed by atoms with van der Waals surface area (Å²) in [6.07, 6.45) is 2.24. The van der Waals surface area contributed by atoms with Crippen molar-refractivity contribution in [2.45, 2.75) is 65.0 Å². The molecule has 11 nitrogen and oxygen atoms in total. The molecule has 11 heteroatoms. The van der Waals surface area contributed by atoms with Crippen molar-refractivity contribution in [3.63, 3.8) is 0 Å². The molecule has 0 radical (unpaired) electrons. The number of benzene rings is 1. The van der Waals surface area contributed by atoms with E-state index in [-0.39, 0.29) is 29.6 Å². The third kappa shape index (κ3) is 8.18. The highest BCUT2D eigenvalue weighted by Crippen LogP contribution is 2.50.